The fourth-order valence-electron chi connectivity index (χ4n) is 2.21. The Hall–Kier alpha value is -1.07. The molecule has 0 saturated heterocycles. The summed E-state index contributed by atoms with van der Waals surface area (Å²) in [5.41, 5.74) is 14.0. The number of rotatable bonds is 3. The van der Waals surface area contributed by atoms with Crippen molar-refractivity contribution < 1.29 is 0 Å². The second kappa shape index (κ2) is 5.51. The molecule has 2 N–H and O–H groups in total. The Labute approximate surface area is 122 Å². The molecule has 1 aromatic heterocycles. The van der Waals surface area contributed by atoms with Gasteiger partial charge in [-0.15, -0.1) is 10.2 Å². The van der Waals surface area contributed by atoms with Crippen molar-refractivity contribution >= 4 is 28.2 Å². The number of thioether (sulfide) groups is 1. The minimum absolute atomic E-state index is 0.534. The quantitative estimate of drug-likeness (QED) is 0.870. The van der Waals surface area contributed by atoms with Gasteiger partial charge in [0.1, 0.15) is 0 Å². The third-order valence-corrected chi connectivity index (χ3v) is 5.83. The number of hydrogen-bond acceptors (Lipinski definition) is 5. The molecular formula is C14H19N3S2. The first kappa shape index (κ1) is 14.3. The summed E-state index contributed by atoms with van der Waals surface area (Å²) in [6.45, 7) is 11.0. The molecule has 0 aliphatic rings. The predicted molar refractivity (Wildman–Crippen MR) is 84.0 cm³/mol. The van der Waals surface area contributed by atoms with Gasteiger partial charge >= 0.3 is 0 Å². The van der Waals surface area contributed by atoms with Crippen molar-refractivity contribution in [2.24, 2.45) is 0 Å². The number of nitrogens with zero attached hydrogens (tertiary/aromatic N) is 2. The largest absolute Gasteiger partial charge is 0.374 e. The standard InChI is InChI=1S/C14H19N3S2/c1-7-8(2)10(4)12(11(5)9(7)3)6-18-14-17-16-13(15)19-14/h6H2,1-5H3,(H2,15,16). The average Bonchev–Trinajstić information content (AvgIpc) is 2.80. The van der Waals surface area contributed by atoms with Crippen molar-refractivity contribution in [3.05, 3.63) is 33.4 Å². The van der Waals surface area contributed by atoms with Crippen LogP contribution in [0.15, 0.2) is 4.34 Å². The van der Waals surface area contributed by atoms with Gasteiger partial charge in [-0.1, -0.05) is 23.1 Å². The monoisotopic (exact) mass is 293 g/mol. The SMILES string of the molecule is Cc1c(C)c(C)c(CSc2nnc(N)s2)c(C)c1C. The maximum absolute atomic E-state index is 5.61. The molecule has 3 nitrogen and oxygen atoms in total. The Bertz CT molecular complexity index is 588. The fraction of sp³-hybridized carbons (Fsp3) is 0.429. The molecule has 0 amide bonds. The zero-order valence-electron chi connectivity index (χ0n) is 12.0. The highest BCUT2D eigenvalue weighted by Gasteiger charge is 2.13. The van der Waals surface area contributed by atoms with Gasteiger partial charge in [-0.2, -0.15) is 0 Å². The number of anilines is 1. The summed E-state index contributed by atoms with van der Waals surface area (Å²) in [6.07, 6.45) is 0. The van der Waals surface area contributed by atoms with E-state index in [1.54, 1.807) is 11.8 Å². The zero-order valence-corrected chi connectivity index (χ0v) is 13.6. The summed E-state index contributed by atoms with van der Waals surface area (Å²) in [5.74, 6) is 0.925. The molecular weight excluding hydrogens is 274 g/mol. The number of hydrogen-bond donors (Lipinski definition) is 1. The lowest BCUT2D eigenvalue weighted by Crippen LogP contribution is -2.01. The molecule has 0 radical (unpaired) electrons. The molecule has 0 saturated carbocycles. The van der Waals surface area contributed by atoms with Crippen LogP contribution in [0.2, 0.25) is 0 Å². The smallest absolute Gasteiger partial charge is 0.203 e. The third-order valence-electron chi connectivity index (χ3n) is 3.92. The molecule has 2 rings (SSSR count). The van der Waals surface area contributed by atoms with E-state index in [0.29, 0.717) is 5.13 Å². The summed E-state index contributed by atoms with van der Waals surface area (Å²) < 4.78 is 0.937. The van der Waals surface area contributed by atoms with Crippen molar-refractivity contribution in [2.75, 3.05) is 5.73 Å². The van der Waals surface area contributed by atoms with Crippen molar-refractivity contribution in [1.82, 2.24) is 10.2 Å². The maximum atomic E-state index is 5.61. The van der Waals surface area contributed by atoms with E-state index >= 15 is 0 Å². The van der Waals surface area contributed by atoms with Crippen LogP contribution in [-0.4, -0.2) is 10.2 Å². The Morgan fingerprint density at radius 1 is 0.895 bits per heavy atom. The van der Waals surface area contributed by atoms with E-state index in [2.05, 4.69) is 44.8 Å². The molecule has 19 heavy (non-hydrogen) atoms. The molecule has 5 heteroatoms. The van der Waals surface area contributed by atoms with Crippen LogP contribution in [0, 0.1) is 34.6 Å². The van der Waals surface area contributed by atoms with Gasteiger partial charge < -0.3 is 5.73 Å². The Morgan fingerprint density at radius 2 is 1.42 bits per heavy atom. The first-order valence-electron chi connectivity index (χ1n) is 6.19. The van der Waals surface area contributed by atoms with Crippen LogP contribution < -0.4 is 5.73 Å². The Morgan fingerprint density at radius 3 is 1.89 bits per heavy atom. The summed E-state index contributed by atoms with van der Waals surface area (Å²) in [7, 11) is 0. The minimum atomic E-state index is 0.534. The van der Waals surface area contributed by atoms with E-state index in [1.807, 2.05) is 0 Å². The second-order valence-corrected chi connectivity index (χ2v) is 7.03. The van der Waals surface area contributed by atoms with E-state index in [9.17, 15) is 0 Å². The van der Waals surface area contributed by atoms with E-state index < -0.39 is 0 Å². The van der Waals surface area contributed by atoms with Gasteiger partial charge in [-0.05, 0) is 68.0 Å². The number of aromatic nitrogens is 2. The second-order valence-electron chi connectivity index (χ2n) is 4.80. The number of nitrogens with two attached hydrogens (primary N) is 1. The van der Waals surface area contributed by atoms with E-state index in [-0.39, 0.29) is 0 Å². The van der Waals surface area contributed by atoms with Crippen LogP contribution in [0.4, 0.5) is 5.13 Å². The van der Waals surface area contributed by atoms with Crippen LogP contribution >= 0.6 is 23.1 Å². The van der Waals surface area contributed by atoms with Crippen LogP contribution in [0.3, 0.4) is 0 Å². The van der Waals surface area contributed by atoms with Crippen molar-refractivity contribution in [3.8, 4) is 0 Å². The van der Waals surface area contributed by atoms with E-state index in [1.165, 1.54) is 44.7 Å². The van der Waals surface area contributed by atoms with Crippen LogP contribution in [-0.2, 0) is 5.75 Å². The fourth-order valence-corrected chi connectivity index (χ4v) is 4.02. The van der Waals surface area contributed by atoms with Gasteiger partial charge in [-0.25, -0.2) is 0 Å². The summed E-state index contributed by atoms with van der Waals surface area (Å²) in [6, 6.07) is 0. The average molecular weight is 293 g/mol. The molecule has 102 valence electrons. The molecule has 0 aliphatic heterocycles. The molecule has 0 spiro atoms. The van der Waals surface area contributed by atoms with Gasteiger partial charge in [0.05, 0.1) is 0 Å². The highest BCUT2D eigenvalue weighted by molar-refractivity contribution is 8.00. The van der Waals surface area contributed by atoms with Crippen LogP contribution in [0.1, 0.15) is 33.4 Å². The van der Waals surface area contributed by atoms with E-state index in [0.717, 1.165) is 10.1 Å². The van der Waals surface area contributed by atoms with Crippen LogP contribution in [0.5, 0.6) is 0 Å². The highest BCUT2D eigenvalue weighted by atomic mass is 32.2. The number of benzene rings is 1. The molecule has 0 aliphatic carbocycles. The lowest BCUT2D eigenvalue weighted by molar-refractivity contribution is 1.01. The van der Waals surface area contributed by atoms with Crippen molar-refractivity contribution in [1.29, 1.82) is 0 Å². The zero-order chi connectivity index (χ0) is 14.2. The van der Waals surface area contributed by atoms with Gasteiger partial charge in [0.25, 0.3) is 0 Å². The molecule has 1 aromatic carbocycles. The van der Waals surface area contributed by atoms with Gasteiger partial charge in [-0.3, -0.25) is 0 Å². The lowest BCUT2D eigenvalue weighted by atomic mass is 9.90. The predicted octanol–water partition coefficient (Wildman–Crippen LogP) is 3.95. The molecule has 1 heterocycles. The summed E-state index contributed by atoms with van der Waals surface area (Å²) >= 11 is 3.16. The highest BCUT2D eigenvalue weighted by Crippen LogP contribution is 2.32. The molecule has 0 unspecified atom stereocenters. The third kappa shape index (κ3) is 2.77. The first-order chi connectivity index (χ1) is 8.91. The van der Waals surface area contributed by atoms with Crippen molar-refractivity contribution in [2.45, 2.75) is 44.7 Å². The van der Waals surface area contributed by atoms with Crippen molar-refractivity contribution in [3.63, 3.8) is 0 Å². The summed E-state index contributed by atoms with van der Waals surface area (Å²) in [5, 5.41) is 8.44. The summed E-state index contributed by atoms with van der Waals surface area (Å²) in [4.78, 5) is 0. The van der Waals surface area contributed by atoms with Gasteiger partial charge in [0.15, 0.2) is 4.34 Å². The Kier molecular flexibility index (Phi) is 4.16. The van der Waals surface area contributed by atoms with E-state index in [4.69, 9.17) is 5.73 Å². The van der Waals surface area contributed by atoms with Gasteiger partial charge in [0.2, 0.25) is 5.13 Å². The number of nitrogen functional groups attached to an aromatic ring is 1. The maximum Gasteiger partial charge on any atom is 0.203 e. The van der Waals surface area contributed by atoms with Gasteiger partial charge in [0, 0.05) is 5.75 Å². The Balaban J connectivity index is 2.30. The minimum Gasteiger partial charge on any atom is -0.374 e. The normalized spacial score (nSPS) is 11.0. The molecule has 0 atom stereocenters. The molecule has 2 aromatic rings. The first-order valence-corrected chi connectivity index (χ1v) is 7.99. The molecule has 0 bridgehead atoms. The lowest BCUT2D eigenvalue weighted by Gasteiger charge is -2.18. The topological polar surface area (TPSA) is 51.8 Å². The molecule has 0 fully saturated rings. The van der Waals surface area contributed by atoms with Crippen LogP contribution in [0.25, 0.3) is 0 Å².